The molecule has 2 aromatic rings. The molecule has 3 fully saturated rings. The molecule has 2 aromatic carbocycles. The van der Waals surface area contributed by atoms with Gasteiger partial charge in [0.15, 0.2) is 0 Å². The summed E-state index contributed by atoms with van der Waals surface area (Å²) in [5, 5.41) is 29.4. The van der Waals surface area contributed by atoms with Crippen molar-refractivity contribution in [3.05, 3.63) is 71.8 Å². The number of rotatable bonds is 8. The summed E-state index contributed by atoms with van der Waals surface area (Å²) in [6.07, 6.45) is 9.22. The second-order valence-corrected chi connectivity index (χ2v) is 11.5. The van der Waals surface area contributed by atoms with E-state index in [4.69, 9.17) is 0 Å². The maximum atomic E-state index is 13.8. The highest BCUT2D eigenvalue weighted by Gasteiger charge is 2.58. The highest BCUT2D eigenvalue weighted by atomic mass is 16.3. The van der Waals surface area contributed by atoms with Crippen LogP contribution in [-0.2, 0) is 9.59 Å². The van der Waals surface area contributed by atoms with E-state index in [1.54, 1.807) is 0 Å². The van der Waals surface area contributed by atoms with Crippen molar-refractivity contribution < 1.29 is 19.8 Å². The number of hydrogen-bond donors (Lipinski definition) is 4. The van der Waals surface area contributed by atoms with E-state index < -0.39 is 28.7 Å². The Kier molecular flexibility index (Phi) is 7.42. The van der Waals surface area contributed by atoms with E-state index in [2.05, 4.69) is 10.6 Å². The molecule has 0 bridgehead atoms. The van der Waals surface area contributed by atoms with Crippen LogP contribution in [0.15, 0.2) is 60.7 Å². The highest BCUT2D eigenvalue weighted by molar-refractivity contribution is 6.08. The van der Waals surface area contributed by atoms with Crippen molar-refractivity contribution in [3.8, 4) is 0 Å². The minimum absolute atomic E-state index is 0.333. The van der Waals surface area contributed by atoms with Crippen molar-refractivity contribution in [3.63, 3.8) is 0 Å². The van der Waals surface area contributed by atoms with E-state index in [1.165, 1.54) is 0 Å². The Balaban J connectivity index is 1.38. The zero-order valence-electron chi connectivity index (χ0n) is 21.6. The average Bonchev–Trinajstić information content (AvgIpc) is 3.74. The lowest BCUT2D eigenvalue weighted by atomic mass is 9.76. The van der Waals surface area contributed by atoms with Crippen LogP contribution in [0.5, 0.6) is 0 Å². The summed E-state index contributed by atoms with van der Waals surface area (Å²) < 4.78 is 0. The number of nitrogens with one attached hydrogen (secondary N) is 2. The standard InChI is InChI=1S/C31H40N2O4/c34-27(32-25(23-13-5-1-6-14-23)30(36)17-9-3-10-18-30)29(21-22-29)28(35)33-26(24-15-7-2-8-16-24)31(37)19-11-4-12-20-31/h1-2,5-8,13-16,25-26,36-37H,3-4,9-12,17-22H2,(H,32,34)(H,33,35)/t25-,26-/m1/s1. The molecule has 37 heavy (non-hydrogen) atoms. The zero-order valence-corrected chi connectivity index (χ0v) is 21.6. The van der Waals surface area contributed by atoms with E-state index in [1.807, 2.05) is 60.7 Å². The molecule has 0 unspecified atom stereocenters. The minimum atomic E-state index is -1.17. The van der Waals surface area contributed by atoms with Crippen LogP contribution in [0.1, 0.15) is 100 Å². The predicted molar refractivity (Wildman–Crippen MR) is 142 cm³/mol. The van der Waals surface area contributed by atoms with Crippen molar-refractivity contribution in [2.24, 2.45) is 5.41 Å². The van der Waals surface area contributed by atoms with Gasteiger partial charge in [0.05, 0.1) is 23.3 Å². The van der Waals surface area contributed by atoms with Crippen molar-refractivity contribution >= 4 is 11.8 Å². The van der Waals surface area contributed by atoms with Crippen LogP contribution in [0.2, 0.25) is 0 Å². The first-order valence-corrected chi connectivity index (χ1v) is 14.0. The molecule has 5 rings (SSSR count). The molecule has 2 atom stereocenters. The van der Waals surface area contributed by atoms with Crippen LogP contribution in [0.3, 0.4) is 0 Å². The molecule has 0 aliphatic heterocycles. The van der Waals surface area contributed by atoms with Gasteiger partial charge in [0.2, 0.25) is 11.8 Å². The Hall–Kier alpha value is -2.70. The average molecular weight is 505 g/mol. The topological polar surface area (TPSA) is 98.7 Å². The SMILES string of the molecule is O=C(N[C@H](c1ccccc1)C1(O)CCCCC1)C1(C(=O)N[C@H](c2ccccc2)C2(O)CCCCC2)CC1. The molecule has 198 valence electrons. The van der Waals surface area contributed by atoms with Gasteiger partial charge in [-0.05, 0) is 49.7 Å². The van der Waals surface area contributed by atoms with Crippen molar-refractivity contribution in [1.29, 1.82) is 0 Å². The van der Waals surface area contributed by atoms with E-state index in [9.17, 15) is 19.8 Å². The fourth-order valence-corrected chi connectivity index (χ4v) is 6.47. The Morgan fingerprint density at radius 3 is 1.24 bits per heavy atom. The quantitative estimate of drug-likeness (QED) is 0.386. The second kappa shape index (κ2) is 10.6. The van der Waals surface area contributed by atoms with E-state index in [0.29, 0.717) is 38.5 Å². The summed E-state index contributed by atoms with van der Waals surface area (Å²) in [5.41, 5.74) is -1.53. The van der Waals surface area contributed by atoms with Crippen molar-refractivity contribution in [2.45, 2.75) is 100 Å². The van der Waals surface area contributed by atoms with Gasteiger partial charge in [0.25, 0.3) is 0 Å². The summed E-state index contributed by atoms with van der Waals surface area (Å²) in [7, 11) is 0. The molecular weight excluding hydrogens is 464 g/mol. The molecule has 3 aliphatic rings. The summed E-state index contributed by atoms with van der Waals surface area (Å²) >= 11 is 0. The van der Waals surface area contributed by atoms with Crippen LogP contribution < -0.4 is 10.6 Å². The van der Waals surface area contributed by atoms with E-state index in [-0.39, 0.29) is 11.8 Å². The molecule has 2 amide bonds. The third-order valence-electron chi connectivity index (χ3n) is 8.95. The number of amides is 2. The monoisotopic (exact) mass is 504 g/mol. The van der Waals surface area contributed by atoms with Gasteiger partial charge in [-0.1, -0.05) is 99.2 Å². The fourth-order valence-electron chi connectivity index (χ4n) is 6.47. The first kappa shape index (κ1) is 25.9. The number of benzene rings is 2. The van der Waals surface area contributed by atoms with Gasteiger partial charge < -0.3 is 20.8 Å². The first-order valence-electron chi connectivity index (χ1n) is 14.0. The van der Waals surface area contributed by atoms with Crippen LogP contribution in [-0.4, -0.2) is 33.2 Å². The molecule has 0 saturated heterocycles. The summed E-state index contributed by atoms with van der Waals surface area (Å²) in [5.74, 6) is -0.666. The summed E-state index contributed by atoms with van der Waals surface area (Å²) in [6, 6.07) is 18.1. The van der Waals surface area contributed by atoms with Crippen LogP contribution >= 0.6 is 0 Å². The van der Waals surface area contributed by atoms with Crippen molar-refractivity contribution in [2.75, 3.05) is 0 Å². The number of carbonyl (C=O) groups is 2. The maximum Gasteiger partial charge on any atom is 0.236 e. The van der Waals surface area contributed by atoms with Gasteiger partial charge in [0.1, 0.15) is 5.41 Å². The molecule has 0 spiro atoms. The highest BCUT2D eigenvalue weighted by Crippen LogP contribution is 2.49. The van der Waals surface area contributed by atoms with E-state index >= 15 is 0 Å². The maximum absolute atomic E-state index is 13.8. The number of aliphatic hydroxyl groups is 2. The molecule has 0 aromatic heterocycles. The Bertz CT molecular complexity index is 987. The predicted octanol–water partition coefficient (Wildman–Crippen LogP) is 4.87. The fraction of sp³-hybridized carbons (Fsp3) is 0.548. The Labute approximate surface area is 219 Å². The summed E-state index contributed by atoms with van der Waals surface area (Å²) in [6.45, 7) is 0. The number of carbonyl (C=O) groups excluding carboxylic acids is 2. The molecule has 0 radical (unpaired) electrons. The minimum Gasteiger partial charge on any atom is -0.387 e. The zero-order chi connectivity index (χ0) is 25.9. The largest absolute Gasteiger partial charge is 0.387 e. The van der Waals surface area contributed by atoms with Crippen LogP contribution in [0.4, 0.5) is 0 Å². The Morgan fingerprint density at radius 1 is 0.568 bits per heavy atom. The second-order valence-electron chi connectivity index (χ2n) is 11.5. The van der Waals surface area contributed by atoms with Gasteiger partial charge in [-0.2, -0.15) is 0 Å². The van der Waals surface area contributed by atoms with Gasteiger partial charge in [-0.15, -0.1) is 0 Å². The normalized spacial score (nSPS) is 23.3. The molecular formula is C31H40N2O4. The third-order valence-corrected chi connectivity index (χ3v) is 8.95. The Morgan fingerprint density at radius 2 is 0.919 bits per heavy atom. The molecule has 6 heteroatoms. The van der Waals surface area contributed by atoms with Gasteiger partial charge >= 0.3 is 0 Å². The number of hydrogen-bond acceptors (Lipinski definition) is 4. The van der Waals surface area contributed by atoms with Crippen molar-refractivity contribution in [1.82, 2.24) is 10.6 Å². The molecule has 4 N–H and O–H groups in total. The third kappa shape index (κ3) is 5.32. The van der Waals surface area contributed by atoms with Gasteiger partial charge in [-0.25, -0.2) is 0 Å². The van der Waals surface area contributed by atoms with E-state index in [0.717, 1.165) is 49.7 Å². The molecule has 0 heterocycles. The smallest absolute Gasteiger partial charge is 0.236 e. The lowest BCUT2D eigenvalue weighted by Gasteiger charge is -2.41. The van der Waals surface area contributed by atoms with Gasteiger partial charge in [-0.3, -0.25) is 9.59 Å². The first-order chi connectivity index (χ1) is 17.9. The van der Waals surface area contributed by atoms with Crippen LogP contribution in [0, 0.1) is 5.41 Å². The van der Waals surface area contributed by atoms with Crippen LogP contribution in [0.25, 0.3) is 0 Å². The lowest BCUT2D eigenvalue weighted by Crippen LogP contribution is -2.54. The lowest BCUT2D eigenvalue weighted by molar-refractivity contribution is -0.141. The molecule has 3 saturated carbocycles. The molecule has 6 nitrogen and oxygen atoms in total. The summed E-state index contributed by atoms with van der Waals surface area (Å²) in [4.78, 5) is 27.5. The van der Waals surface area contributed by atoms with Gasteiger partial charge in [0, 0.05) is 0 Å². The molecule has 3 aliphatic carbocycles.